The van der Waals surface area contributed by atoms with Crippen molar-refractivity contribution >= 4 is 23.4 Å². The molecule has 9 nitrogen and oxygen atoms in total. The SMILES string of the molecule is COC(=O)c1ccc(C2/C(=C(\O)c3ccccc3OC)C(=O)C(=O)N2CCCn2ccnc2)cc1. The zero-order chi connectivity index (χ0) is 24.9. The lowest BCUT2D eigenvalue weighted by molar-refractivity contribution is -0.139. The van der Waals surface area contributed by atoms with Crippen molar-refractivity contribution in [2.24, 2.45) is 0 Å². The molecule has 4 rings (SSSR count). The number of para-hydroxylation sites is 1. The number of hydrogen-bond acceptors (Lipinski definition) is 7. The molecule has 1 aromatic heterocycles. The lowest BCUT2D eigenvalue weighted by atomic mass is 9.94. The van der Waals surface area contributed by atoms with E-state index in [1.54, 1.807) is 61.1 Å². The Labute approximate surface area is 202 Å². The van der Waals surface area contributed by atoms with E-state index < -0.39 is 23.7 Å². The van der Waals surface area contributed by atoms with Gasteiger partial charge in [0.2, 0.25) is 0 Å². The lowest BCUT2D eigenvalue weighted by Gasteiger charge is -2.25. The number of esters is 1. The molecule has 0 saturated carbocycles. The van der Waals surface area contributed by atoms with Crippen molar-refractivity contribution in [1.82, 2.24) is 14.5 Å². The zero-order valence-electron chi connectivity index (χ0n) is 19.4. The van der Waals surface area contributed by atoms with Crippen LogP contribution in [0, 0.1) is 0 Å². The number of ketones is 1. The number of ether oxygens (including phenoxy) is 2. The molecular formula is C26H25N3O6. The predicted molar refractivity (Wildman–Crippen MR) is 127 cm³/mol. The Kier molecular flexibility index (Phi) is 6.96. The fourth-order valence-electron chi connectivity index (χ4n) is 4.20. The van der Waals surface area contributed by atoms with Gasteiger partial charge in [-0.1, -0.05) is 24.3 Å². The van der Waals surface area contributed by atoms with Gasteiger partial charge in [-0.25, -0.2) is 9.78 Å². The van der Waals surface area contributed by atoms with Crippen molar-refractivity contribution in [1.29, 1.82) is 0 Å². The minimum Gasteiger partial charge on any atom is -0.507 e. The second-order valence-corrected chi connectivity index (χ2v) is 7.96. The first-order chi connectivity index (χ1) is 17.0. The molecule has 1 unspecified atom stereocenters. The maximum Gasteiger partial charge on any atom is 0.337 e. The van der Waals surface area contributed by atoms with E-state index in [0.717, 1.165) is 0 Å². The number of methoxy groups -OCH3 is 2. The summed E-state index contributed by atoms with van der Waals surface area (Å²) in [6, 6.07) is 12.3. The zero-order valence-corrected chi connectivity index (χ0v) is 19.4. The number of aryl methyl sites for hydroxylation is 1. The summed E-state index contributed by atoms with van der Waals surface area (Å²) >= 11 is 0. The molecule has 1 saturated heterocycles. The first kappa shape index (κ1) is 23.7. The van der Waals surface area contributed by atoms with Crippen LogP contribution in [0.1, 0.15) is 33.9 Å². The van der Waals surface area contributed by atoms with Gasteiger partial charge in [0.05, 0.1) is 43.3 Å². The predicted octanol–water partition coefficient (Wildman–Crippen LogP) is 3.19. The molecule has 2 heterocycles. The average Bonchev–Trinajstić information content (AvgIpc) is 3.50. The smallest absolute Gasteiger partial charge is 0.337 e. The maximum absolute atomic E-state index is 13.2. The summed E-state index contributed by atoms with van der Waals surface area (Å²) in [5.41, 5.74) is 1.18. The minimum absolute atomic E-state index is 0.0343. The summed E-state index contributed by atoms with van der Waals surface area (Å²) in [6.45, 7) is 0.873. The van der Waals surface area contributed by atoms with E-state index in [4.69, 9.17) is 9.47 Å². The molecule has 0 radical (unpaired) electrons. The number of carbonyl (C=O) groups is 3. The van der Waals surface area contributed by atoms with E-state index >= 15 is 0 Å². The highest BCUT2D eigenvalue weighted by atomic mass is 16.5. The van der Waals surface area contributed by atoms with Gasteiger partial charge in [0.1, 0.15) is 11.5 Å². The monoisotopic (exact) mass is 475 g/mol. The van der Waals surface area contributed by atoms with Gasteiger partial charge in [0.15, 0.2) is 0 Å². The average molecular weight is 476 g/mol. The summed E-state index contributed by atoms with van der Waals surface area (Å²) in [6.07, 6.45) is 5.73. The van der Waals surface area contributed by atoms with Crippen molar-refractivity contribution in [2.75, 3.05) is 20.8 Å². The third kappa shape index (κ3) is 4.65. The van der Waals surface area contributed by atoms with Gasteiger partial charge < -0.3 is 24.0 Å². The third-order valence-corrected chi connectivity index (χ3v) is 5.92. The first-order valence-electron chi connectivity index (χ1n) is 11.0. The van der Waals surface area contributed by atoms with Crippen LogP contribution in [0.2, 0.25) is 0 Å². The molecular weight excluding hydrogens is 450 g/mol. The first-order valence-corrected chi connectivity index (χ1v) is 11.0. The molecule has 1 fully saturated rings. The topological polar surface area (TPSA) is 111 Å². The Hall–Kier alpha value is -4.40. The number of aromatic nitrogens is 2. The van der Waals surface area contributed by atoms with Crippen LogP contribution in [0.5, 0.6) is 5.75 Å². The summed E-state index contributed by atoms with van der Waals surface area (Å²) < 4.78 is 12.0. The number of benzene rings is 2. The number of aliphatic hydroxyl groups excluding tert-OH is 1. The van der Waals surface area contributed by atoms with E-state index in [0.29, 0.717) is 35.4 Å². The Bertz CT molecular complexity index is 1260. The highest BCUT2D eigenvalue weighted by molar-refractivity contribution is 6.46. The fourth-order valence-corrected chi connectivity index (χ4v) is 4.20. The Balaban J connectivity index is 1.76. The number of Topliss-reactive ketones (excluding diaryl/α,β-unsaturated/α-hetero) is 1. The Morgan fingerprint density at radius 1 is 1.06 bits per heavy atom. The number of nitrogens with zero attached hydrogens (tertiary/aromatic N) is 3. The van der Waals surface area contributed by atoms with Gasteiger partial charge in [-0.2, -0.15) is 0 Å². The van der Waals surface area contributed by atoms with Gasteiger partial charge >= 0.3 is 5.97 Å². The Morgan fingerprint density at radius 2 is 1.80 bits per heavy atom. The van der Waals surface area contributed by atoms with Crippen LogP contribution < -0.4 is 4.74 Å². The lowest BCUT2D eigenvalue weighted by Crippen LogP contribution is -2.31. The number of amides is 1. The largest absolute Gasteiger partial charge is 0.507 e. The molecule has 3 aromatic rings. The molecule has 0 aliphatic carbocycles. The molecule has 9 heteroatoms. The minimum atomic E-state index is -0.839. The van der Waals surface area contributed by atoms with Gasteiger partial charge in [-0.15, -0.1) is 0 Å². The van der Waals surface area contributed by atoms with Crippen molar-refractivity contribution in [3.05, 3.63) is 89.5 Å². The molecule has 1 amide bonds. The van der Waals surface area contributed by atoms with Crippen LogP contribution in [-0.4, -0.2) is 58.0 Å². The van der Waals surface area contributed by atoms with Crippen molar-refractivity contribution in [3.8, 4) is 5.75 Å². The summed E-state index contributed by atoms with van der Waals surface area (Å²) in [5.74, 6) is -1.93. The van der Waals surface area contributed by atoms with E-state index in [1.165, 1.54) is 19.1 Å². The second kappa shape index (κ2) is 10.3. The Morgan fingerprint density at radius 3 is 2.46 bits per heavy atom. The highest BCUT2D eigenvalue weighted by Crippen LogP contribution is 2.41. The molecule has 1 aliphatic rings. The quantitative estimate of drug-likeness (QED) is 0.231. The summed E-state index contributed by atoms with van der Waals surface area (Å²) in [7, 11) is 2.75. The van der Waals surface area contributed by atoms with E-state index in [2.05, 4.69) is 4.98 Å². The van der Waals surface area contributed by atoms with Crippen LogP contribution in [0.25, 0.3) is 5.76 Å². The van der Waals surface area contributed by atoms with E-state index in [1.807, 2.05) is 10.8 Å². The summed E-state index contributed by atoms with van der Waals surface area (Å²) in [4.78, 5) is 43.6. The second-order valence-electron chi connectivity index (χ2n) is 7.96. The molecule has 1 aliphatic heterocycles. The van der Waals surface area contributed by atoms with Crippen LogP contribution in [-0.2, 0) is 20.9 Å². The molecule has 0 bridgehead atoms. The molecule has 1 N–H and O–H groups in total. The van der Waals surface area contributed by atoms with Gasteiger partial charge in [-0.05, 0) is 36.2 Å². The van der Waals surface area contributed by atoms with Crippen molar-refractivity contribution in [2.45, 2.75) is 19.0 Å². The maximum atomic E-state index is 13.2. The van der Waals surface area contributed by atoms with Crippen LogP contribution in [0.4, 0.5) is 0 Å². The van der Waals surface area contributed by atoms with E-state index in [9.17, 15) is 19.5 Å². The molecule has 180 valence electrons. The number of hydrogen-bond donors (Lipinski definition) is 1. The van der Waals surface area contributed by atoms with Crippen LogP contribution >= 0.6 is 0 Å². The van der Waals surface area contributed by atoms with Crippen LogP contribution in [0.3, 0.4) is 0 Å². The van der Waals surface area contributed by atoms with E-state index in [-0.39, 0.29) is 17.9 Å². The molecule has 1 atom stereocenters. The number of carbonyl (C=O) groups excluding carboxylic acids is 3. The van der Waals surface area contributed by atoms with Crippen LogP contribution in [0.15, 0.2) is 72.8 Å². The third-order valence-electron chi connectivity index (χ3n) is 5.92. The van der Waals surface area contributed by atoms with Gasteiger partial charge in [0.25, 0.3) is 11.7 Å². The number of rotatable bonds is 8. The number of aliphatic hydroxyl groups is 1. The van der Waals surface area contributed by atoms with Crippen molar-refractivity contribution < 1.29 is 29.0 Å². The van der Waals surface area contributed by atoms with Gasteiger partial charge in [-0.3, -0.25) is 9.59 Å². The van der Waals surface area contributed by atoms with Crippen molar-refractivity contribution in [3.63, 3.8) is 0 Å². The normalized spacial score (nSPS) is 17.0. The molecule has 2 aromatic carbocycles. The highest BCUT2D eigenvalue weighted by Gasteiger charge is 2.46. The van der Waals surface area contributed by atoms with Gasteiger partial charge in [0, 0.05) is 25.5 Å². The molecule has 0 spiro atoms. The number of likely N-dealkylation sites (tertiary alicyclic amines) is 1. The summed E-state index contributed by atoms with van der Waals surface area (Å²) in [5, 5.41) is 11.2. The number of imidazole rings is 1. The fraction of sp³-hybridized carbons (Fsp3) is 0.231. The molecule has 35 heavy (non-hydrogen) atoms. The standard InChI is InChI=1S/C26H25N3O6/c1-34-20-7-4-3-6-19(20)23(30)21-22(17-8-10-18(11-9-17)26(33)35-2)29(25(32)24(21)31)14-5-13-28-15-12-27-16-28/h3-4,6-12,15-16,22,30H,5,13-14H2,1-2H3/b23-21+.